The average molecular weight is 770 g/mol. The molecule has 2 saturated heterocycles. The van der Waals surface area contributed by atoms with Gasteiger partial charge in [-0.05, 0) is 118 Å². The first-order chi connectivity index (χ1) is 27.7. The molecule has 3 aromatic carbocycles. The van der Waals surface area contributed by atoms with Crippen molar-refractivity contribution in [2.24, 2.45) is 0 Å². The van der Waals surface area contributed by atoms with Gasteiger partial charge in [-0.25, -0.2) is 0 Å². The van der Waals surface area contributed by atoms with Gasteiger partial charge in [-0.2, -0.15) is 0 Å². The Labute approximate surface area is 336 Å². The Balaban J connectivity index is 1.08. The van der Waals surface area contributed by atoms with Crippen LogP contribution in [0.5, 0.6) is 0 Å². The Bertz CT molecular complexity index is 2090. The Hall–Kier alpha value is -5.55. The molecule has 1 unspecified atom stereocenters. The molecule has 1 aromatic heterocycles. The number of hydrogen-bond donors (Lipinski definition) is 2. The second-order valence-electron chi connectivity index (χ2n) is 15.9. The van der Waals surface area contributed by atoms with Crippen LogP contribution in [0.25, 0.3) is 11.3 Å². The van der Waals surface area contributed by atoms with Crippen LogP contribution in [0, 0.1) is 0 Å². The molecule has 298 valence electrons. The van der Waals surface area contributed by atoms with Gasteiger partial charge in [0.1, 0.15) is 0 Å². The van der Waals surface area contributed by atoms with E-state index in [0.717, 1.165) is 76.7 Å². The molecule has 2 fully saturated rings. The van der Waals surface area contributed by atoms with Crippen molar-refractivity contribution in [2.75, 3.05) is 64.1 Å². The van der Waals surface area contributed by atoms with Crippen molar-refractivity contribution in [3.05, 3.63) is 113 Å². The Morgan fingerprint density at radius 2 is 1.53 bits per heavy atom. The molecule has 0 spiro atoms. The summed E-state index contributed by atoms with van der Waals surface area (Å²) in [7, 11) is 5.33. The van der Waals surface area contributed by atoms with Gasteiger partial charge in [0.15, 0.2) is 0 Å². The van der Waals surface area contributed by atoms with E-state index in [1.165, 1.54) is 17.5 Å². The van der Waals surface area contributed by atoms with Crippen LogP contribution in [0.15, 0.2) is 85.1 Å². The number of piperidine rings is 2. The molecule has 3 heterocycles. The Kier molecular flexibility index (Phi) is 12.6. The number of nitrogens with one attached hydrogen (secondary N) is 2. The summed E-state index contributed by atoms with van der Waals surface area (Å²) in [5.41, 5.74) is 6.59. The highest BCUT2D eigenvalue weighted by Gasteiger charge is 2.30. The summed E-state index contributed by atoms with van der Waals surface area (Å²) in [5, 5.41) is 6.37. The number of likely N-dealkylation sites (N-methyl/N-ethyl adjacent to an activating group) is 2. The maximum absolute atomic E-state index is 13.9. The highest BCUT2D eigenvalue weighted by Crippen LogP contribution is 2.34. The third-order valence-corrected chi connectivity index (χ3v) is 11.7. The molecule has 2 aliphatic heterocycles. The summed E-state index contributed by atoms with van der Waals surface area (Å²) in [5.74, 6) is -0.619. The zero-order valence-corrected chi connectivity index (χ0v) is 33.5. The van der Waals surface area contributed by atoms with E-state index in [4.69, 9.17) is 4.98 Å². The van der Waals surface area contributed by atoms with Crippen molar-refractivity contribution < 1.29 is 19.2 Å². The standard InChI is InChI=1S/C46H55N7O4/c1-50(2)46(57)42-19-7-10-26-53(42)28-27-51(3)45(56)35-16-11-15-33(29-35)43(54)49-40-21-20-36(52-24-8-4-9-25-52)31-38(40)41-30-34(22-23-47-41)44(55)48-39-18-12-14-32-13-5-6-17-37(32)39/h5-6,11,13,15-17,20-23,29-31,39,42H,4,7-10,12,14,18-19,24-28H2,1-3H3,(H,48,55)(H,49,54)/t39-,42?/m0/s1. The maximum atomic E-state index is 13.9. The van der Waals surface area contributed by atoms with Crippen molar-refractivity contribution >= 4 is 35.0 Å². The molecule has 4 amide bonds. The van der Waals surface area contributed by atoms with Crippen LogP contribution in [-0.4, -0.2) is 103 Å². The molecular formula is C46H55N7O4. The number of aryl methyl sites for hydroxylation is 1. The summed E-state index contributed by atoms with van der Waals surface area (Å²) < 4.78 is 0. The van der Waals surface area contributed by atoms with E-state index in [2.05, 4.69) is 38.6 Å². The number of fused-ring (bicyclic) bond motifs is 1. The molecule has 3 aliphatic rings. The highest BCUT2D eigenvalue weighted by molar-refractivity contribution is 6.08. The first-order valence-corrected chi connectivity index (χ1v) is 20.5. The molecule has 11 nitrogen and oxygen atoms in total. The van der Waals surface area contributed by atoms with E-state index < -0.39 is 0 Å². The smallest absolute Gasteiger partial charge is 0.255 e. The van der Waals surface area contributed by atoms with Crippen molar-refractivity contribution in [3.8, 4) is 11.3 Å². The lowest BCUT2D eigenvalue weighted by Gasteiger charge is -2.36. The molecule has 57 heavy (non-hydrogen) atoms. The minimum atomic E-state index is -0.359. The van der Waals surface area contributed by atoms with Crippen LogP contribution in [0.3, 0.4) is 0 Å². The fraction of sp³-hybridized carbons (Fsp3) is 0.413. The van der Waals surface area contributed by atoms with Gasteiger partial charge in [0.2, 0.25) is 5.91 Å². The highest BCUT2D eigenvalue weighted by atomic mass is 16.2. The predicted octanol–water partition coefficient (Wildman–Crippen LogP) is 6.81. The fourth-order valence-corrected chi connectivity index (χ4v) is 8.49. The third-order valence-electron chi connectivity index (χ3n) is 11.7. The molecule has 1 aliphatic carbocycles. The number of nitrogens with zero attached hydrogens (tertiary/aromatic N) is 5. The number of anilines is 2. The third kappa shape index (κ3) is 9.37. The molecule has 0 bridgehead atoms. The molecule has 11 heteroatoms. The SMILES string of the molecule is CN(C)C(=O)C1CCCCN1CCN(C)C(=O)c1cccc(C(=O)Nc2ccc(N3CCCCC3)cc2-c2cc(C(=O)N[C@H]3CCCc4ccccc43)ccn2)c1. The summed E-state index contributed by atoms with van der Waals surface area (Å²) >= 11 is 0. The molecule has 4 aromatic rings. The van der Waals surface area contributed by atoms with Gasteiger partial charge in [-0.15, -0.1) is 0 Å². The number of carbonyl (C=O) groups excluding carboxylic acids is 4. The van der Waals surface area contributed by atoms with Gasteiger partial charge in [0.25, 0.3) is 17.7 Å². The van der Waals surface area contributed by atoms with Crippen molar-refractivity contribution in [1.29, 1.82) is 0 Å². The van der Waals surface area contributed by atoms with Gasteiger partial charge >= 0.3 is 0 Å². The monoisotopic (exact) mass is 769 g/mol. The average Bonchev–Trinajstić information content (AvgIpc) is 3.25. The molecule has 2 atom stereocenters. The van der Waals surface area contributed by atoms with Gasteiger partial charge in [0, 0.05) is 81.5 Å². The summed E-state index contributed by atoms with van der Waals surface area (Å²) in [6.45, 7) is 3.77. The van der Waals surface area contributed by atoms with Gasteiger partial charge in [-0.1, -0.05) is 36.8 Å². The second-order valence-corrected chi connectivity index (χ2v) is 15.9. The Morgan fingerprint density at radius 3 is 2.35 bits per heavy atom. The van der Waals surface area contributed by atoms with E-state index in [0.29, 0.717) is 46.7 Å². The molecule has 0 saturated carbocycles. The van der Waals surface area contributed by atoms with Crippen LogP contribution >= 0.6 is 0 Å². The van der Waals surface area contributed by atoms with E-state index in [9.17, 15) is 19.2 Å². The lowest BCUT2D eigenvalue weighted by Crippen LogP contribution is -2.51. The van der Waals surface area contributed by atoms with E-state index in [1.54, 1.807) is 73.5 Å². The van der Waals surface area contributed by atoms with Gasteiger partial charge in [0.05, 0.1) is 23.5 Å². The van der Waals surface area contributed by atoms with E-state index >= 15 is 0 Å². The number of pyridine rings is 1. The molecule has 0 radical (unpaired) electrons. The lowest BCUT2D eigenvalue weighted by molar-refractivity contribution is -0.135. The number of hydrogen-bond acceptors (Lipinski definition) is 7. The largest absolute Gasteiger partial charge is 0.372 e. The number of aromatic nitrogens is 1. The number of likely N-dealkylation sites (tertiary alicyclic amines) is 1. The minimum absolute atomic E-state index is 0.0560. The molecular weight excluding hydrogens is 715 g/mol. The first kappa shape index (κ1) is 39.7. The fourth-order valence-electron chi connectivity index (χ4n) is 8.49. The van der Waals surface area contributed by atoms with Crippen molar-refractivity contribution in [1.82, 2.24) is 25.0 Å². The van der Waals surface area contributed by atoms with Crippen molar-refractivity contribution in [2.45, 2.75) is 69.9 Å². The van der Waals surface area contributed by atoms with Gasteiger partial charge < -0.3 is 25.3 Å². The predicted molar refractivity (Wildman–Crippen MR) is 225 cm³/mol. The quantitative estimate of drug-likeness (QED) is 0.172. The van der Waals surface area contributed by atoms with E-state index in [-0.39, 0.29) is 35.7 Å². The van der Waals surface area contributed by atoms with Crippen LogP contribution in [0.2, 0.25) is 0 Å². The molecule has 2 N–H and O–H groups in total. The summed E-state index contributed by atoms with van der Waals surface area (Å²) in [6, 6.07) is 24.4. The summed E-state index contributed by atoms with van der Waals surface area (Å²) in [4.78, 5) is 66.7. The number of amides is 4. The zero-order chi connectivity index (χ0) is 39.9. The first-order valence-electron chi connectivity index (χ1n) is 20.5. The van der Waals surface area contributed by atoms with Crippen LogP contribution < -0.4 is 15.5 Å². The molecule has 7 rings (SSSR count). The van der Waals surface area contributed by atoms with Crippen LogP contribution in [-0.2, 0) is 11.2 Å². The minimum Gasteiger partial charge on any atom is -0.372 e. The maximum Gasteiger partial charge on any atom is 0.255 e. The van der Waals surface area contributed by atoms with Crippen LogP contribution in [0.1, 0.15) is 99.6 Å². The van der Waals surface area contributed by atoms with Gasteiger partial charge in [-0.3, -0.25) is 29.1 Å². The topological polar surface area (TPSA) is 118 Å². The van der Waals surface area contributed by atoms with E-state index in [1.807, 2.05) is 24.3 Å². The van der Waals surface area contributed by atoms with Crippen molar-refractivity contribution in [3.63, 3.8) is 0 Å². The second kappa shape index (κ2) is 18.1. The number of carbonyl (C=O) groups is 4. The zero-order valence-electron chi connectivity index (χ0n) is 33.5. The number of rotatable bonds is 11. The van der Waals surface area contributed by atoms with Crippen LogP contribution in [0.4, 0.5) is 11.4 Å². The number of benzene rings is 3. The Morgan fingerprint density at radius 1 is 0.754 bits per heavy atom. The summed E-state index contributed by atoms with van der Waals surface area (Å²) in [6.07, 6.45) is 10.9. The lowest BCUT2D eigenvalue weighted by atomic mass is 9.87. The normalized spacial score (nSPS) is 18.3.